The van der Waals surface area contributed by atoms with Crippen molar-refractivity contribution < 1.29 is 9.59 Å². The fourth-order valence-corrected chi connectivity index (χ4v) is 1.58. The van der Waals surface area contributed by atoms with Crippen LogP contribution in [0.25, 0.3) is 0 Å². The predicted molar refractivity (Wildman–Crippen MR) is 64.7 cm³/mol. The number of amides is 2. The van der Waals surface area contributed by atoms with Gasteiger partial charge in [-0.25, -0.2) is 0 Å². The van der Waals surface area contributed by atoms with Crippen LogP contribution in [0.15, 0.2) is 0 Å². The Hall–Kier alpha value is -1.57. The molecule has 3 N–H and O–H groups in total. The quantitative estimate of drug-likeness (QED) is 0.620. The van der Waals surface area contributed by atoms with E-state index in [1.54, 1.807) is 0 Å². The number of nitrogens with one attached hydrogen (secondary N) is 1. The zero-order chi connectivity index (χ0) is 13.3. The van der Waals surface area contributed by atoms with Crippen LogP contribution in [0.4, 0.5) is 0 Å². The highest BCUT2D eigenvalue weighted by molar-refractivity contribution is 5.85. The lowest BCUT2D eigenvalue weighted by atomic mass is 9.83. The van der Waals surface area contributed by atoms with Crippen LogP contribution in [-0.4, -0.2) is 18.4 Å². The van der Waals surface area contributed by atoms with Gasteiger partial charge in [0, 0.05) is 13.0 Å². The van der Waals surface area contributed by atoms with Crippen molar-refractivity contribution in [2.45, 2.75) is 46.0 Å². The van der Waals surface area contributed by atoms with E-state index in [9.17, 15) is 9.59 Å². The minimum absolute atomic E-state index is 0.218. The Kier molecular flexibility index (Phi) is 6.95. The van der Waals surface area contributed by atoms with Gasteiger partial charge in [-0.15, -0.1) is 0 Å². The van der Waals surface area contributed by atoms with E-state index in [-0.39, 0.29) is 11.8 Å². The van der Waals surface area contributed by atoms with Crippen molar-refractivity contribution in [2.75, 3.05) is 6.54 Å². The van der Waals surface area contributed by atoms with Crippen LogP contribution in [0, 0.1) is 16.7 Å². The number of nitriles is 1. The van der Waals surface area contributed by atoms with E-state index >= 15 is 0 Å². The highest BCUT2D eigenvalue weighted by Crippen LogP contribution is 2.25. The predicted octanol–water partition coefficient (Wildman–Crippen LogP) is 1.09. The summed E-state index contributed by atoms with van der Waals surface area (Å²) in [5.74, 6) is -0.547. The van der Waals surface area contributed by atoms with Crippen LogP contribution in [-0.2, 0) is 9.59 Å². The minimum Gasteiger partial charge on any atom is -0.370 e. The summed E-state index contributed by atoms with van der Waals surface area (Å²) in [5, 5.41) is 11.8. The van der Waals surface area contributed by atoms with Crippen molar-refractivity contribution in [3.05, 3.63) is 0 Å². The van der Waals surface area contributed by atoms with E-state index in [2.05, 4.69) is 11.4 Å². The number of primary amides is 1. The highest BCUT2D eigenvalue weighted by atomic mass is 16.2. The first-order valence-corrected chi connectivity index (χ1v) is 6.00. The van der Waals surface area contributed by atoms with E-state index in [1.807, 2.05) is 13.8 Å². The lowest BCUT2D eigenvalue weighted by Gasteiger charge is -2.21. The largest absolute Gasteiger partial charge is 0.370 e. The second-order valence-electron chi connectivity index (χ2n) is 4.08. The van der Waals surface area contributed by atoms with Gasteiger partial charge in [0.15, 0.2) is 0 Å². The molecule has 0 unspecified atom stereocenters. The molecule has 5 heteroatoms. The summed E-state index contributed by atoms with van der Waals surface area (Å²) in [5.41, 5.74) is 4.09. The van der Waals surface area contributed by atoms with E-state index in [1.165, 1.54) is 0 Å². The molecule has 0 saturated carbocycles. The van der Waals surface area contributed by atoms with Crippen molar-refractivity contribution in [1.82, 2.24) is 5.32 Å². The maximum Gasteiger partial charge on any atom is 0.240 e. The van der Waals surface area contributed by atoms with Crippen molar-refractivity contribution in [3.63, 3.8) is 0 Å². The molecular formula is C12H21N3O2. The van der Waals surface area contributed by atoms with Gasteiger partial charge in [0.05, 0.1) is 6.07 Å². The first-order chi connectivity index (χ1) is 8.02. The molecule has 0 heterocycles. The Labute approximate surface area is 102 Å². The number of carbonyl (C=O) groups excluding carboxylic acids is 2. The first kappa shape index (κ1) is 15.4. The van der Waals surface area contributed by atoms with Crippen LogP contribution >= 0.6 is 0 Å². The third kappa shape index (κ3) is 4.85. The molecule has 0 spiro atoms. The fraction of sp³-hybridized carbons (Fsp3) is 0.750. The highest BCUT2D eigenvalue weighted by Gasteiger charge is 2.34. The molecular weight excluding hydrogens is 218 g/mol. The molecule has 0 aromatic heterocycles. The molecule has 0 radical (unpaired) electrons. The van der Waals surface area contributed by atoms with Crippen LogP contribution < -0.4 is 11.1 Å². The van der Waals surface area contributed by atoms with Gasteiger partial charge in [-0.3, -0.25) is 9.59 Å². The summed E-state index contributed by atoms with van der Waals surface area (Å²) in [6.45, 7) is 4.15. The number of nitrogens with two attached hydrogens (primary N) is 1. The lowest BCUT2D eigenvalue weighted by Crippen LogP contribution is -2.39. The molecule has 96 valence electrons. The SMILES string of the molecule is CCC(C#N)(CC)C(=O)NCCCCC(N)=O. The van der Waals surface area contributed by atoms with Gasteiger partial charge < -0.3 is 11.1 Å². The van der Waals surface area contributed by atoms with Crippen LogP contribution in [0.2, 0.25) is 0 Å². The third-order valence-electron chi connectivity index (χ3n) is 2.99. The molecule has 0 rings (SSSR count). The maximum atomic E-state index is 11.8. The Morgan fingerprint density at radius 2 is 1.88 bits per heavy atom. The molecule has 0 aliphatic heterocycles. The summed E-state index contributed by atoms with van der Waals surface area (Å²) >= 11 is 0. The number of nitrogens with zero attached hydrogens (tertiary/aromatic N) is 1. The molecule has 0 aliphatic rings. The molecule has 0 aromatic carbocycles. The second-order valence-corrected chi connectivity index (χ2v) is 4.08. The Morgan fingerprint density at radius 1 is 1.29 bits per heavy atom. The average molecular weight is 239 g/mol. The number of carbonyl (C=O) groups is 2. The van der Waals surface area contributed by atoms with Crippen LogP contribution in [0.1, 0.15) is 46.0 Å². The molecule has 0 aliphatic carbocycles. The van der Waals surface area contributed by atoms with E-state index in [0.717, 1.165) is 0 Å². The summed E-state index contributed by atoms with van der Waals surface area (Å²) in [6.07, 6.45) is 2.71. The van der Waals surface area contributed by atoms with Gasteiger partial charge in [-0.2, -0.15) is 5.26 Å². The van der Waals surface area contributed by atoms with Gasteiger partial charge in [-0.1, -0.05) is 13.8 Å². The van der Waals surface area contributed by atoms with E-state index in [4.69, 9.17) is 11.0 Å². The van der Waals surface area contributed by atoms with Gasteiger partial charge >= 0.3 is 0 Å². The topological polar surface area (TPSA) is 96.0 Å². The van der Waals surface area contributed by atoms with Crippen molar-refractivity contribution in [1.29, 1.82) is 5.26 Å². The van der Waals surface area contributed by atoms with Crippen molar-refractivity contribution >= 4 is 11.8 Å². The van der Waals surface area contributed by atoms with Gasteiger partial charge in [0.2, 0.25) is 11.8 Å². The smallest absolute Gasteiger partial charge is 0.240 e. The number of hydrogen-bond donors (Lipinski definition) is 2. The molecule has 0 aromatic rings. The molecule has 0 bridgehead atoms. The molecule has 0 saturated heterocycles. The summed E-state index contributed by atoms with van der Waals surface area (Å²) in [6, 6.07) is 2.09. The summed E-state index contributed by atoms with van der Waals surface area (Å²) in [4.78, 5) is 22.3. The zero-order valence-electron chi connectivity index (χ0n) is 10.6. The standard InChI is InChI=1S/C12H21N3O2/c1-3-12(4-2,9-13)11(17)15-8-6-5-7-10(14)16/h3-8H2,1-2H3,(H2,14,16)(H,15,17). The second kappa shape index (κ2) is 7.66. The molecule has 0 fully saturated rings. The Morgan fingerprint density at radius 3 is 2.29 bits per heavy atom. The monoisotopic (exact) mass is 239 g/mol. The molecule has 2 amide bonds. The maximum absolute atomic E-state index is 11.8. The summed E-state index contributed by atoms with van der Waals surface area (Å²) < 4.78 is 0. The van der Waals surface area contributed by atoms with Gasteiger partial charge in [0.1, 0.15) is 5.41 Å². The molecule has 5 nitrogen and oxygen atoms in total. The fourth-order valence-electron chi connectivity index (χ4n) is 1.58. The van der Waals surface area contributed by atoms with Gasteiger partial charge in [-0.05, 0) is 25.7 Å². The summed E-state index contributed by atoms with van der Waals surface area (Å²) in [7, 11) is 0. The normalized spacial score (nSPS) is 10.6. The van der Waals surface area contributed by atoms with E-state index in [0.29, 0.717) is 38.6 Å². The van der Waals surface area contributed by atoms with Gasteiger partial charge in [0.25, 0.3) is 0 Å². The minimum atomic E-state index is -0.913. The number of rotatable bonds is 8. The lowest BCUT2D eigenvalue weighted by molar-refractivity contribution is -0.128. The third-order valence-corrected chi connectivity index (χ3v) is 2.99. The zero-order valence-corrected chi connectivity index (χ0v) is 10.6. The Bertz CT molecular complexity index is 303. The van der Waals surface area contributed by atoms with Crippen molar-refractivity contribution in [3.8, 4) is 6.07 Å². The van der Waals surface area contributed by atoms with Crippen LogP contribution in [0.3, 0.4) is 0 Å². The van der Waals surface area contributed by atoms with Crippen molar-refractivity contribution in [2.24, 2.45) is 11.1 Å². The average Bonchev–Trinajstić information content (AvgIpc) is 2.31. The number of hydrogen-bond acceptors (Lipinski definition) is 3. The Balaban J connectivity index is 4.01. The first-order valence-electron chi connectivity index (χ1n) is 6.00. The van der Waals surface area contributed by atoms with Crippen LogP contribution in [0.5, 0.6) is 0 Å². The van der Waals surface area contributed by atoms with E-state index < -0.39 is 5.41 Å². The molecule has 0 atom stereocenters. The molecule has 17 heavy (non-hydrogen) atoms. The number of unbranched alkanes of at least 4 members (excludes halogenated alkanes) is 1.